The van der Waals surface area contributed by atoms with Gasteiger partial charge < -0.3 is 0 Å². The van der Waals surface area contributed by atoms with Crippen LogP contribution in [0.3, 0.4) is 0 Å². The number of nitrogens with zero attached hydrogens (tertiary/aromatic N) is 1. The van der Waals surface area contributed by atoms with Crippen LogP contribution in [-0.2, 0) is 0 Å². The summed E-state index contributed by atoms with van der Waals surface area (Å²) in [6.07, 6.45) is 0. The Bertz CT molecular complexity index is 444. The summed E-state index contributed by atoms with van der Waals surface area (Å²) in [4.78, 5) is 22.3. The highest BCUT2D eigenvalue weighted by atomic mass is 16.6. The maximum Gasteiger partial charge on any atom is 0.273 e. The van der Waals surface area contributed by atoms with Crippen molar-refractivity contribution >= 4 is 11.5 Å². The number of carbonyl (C=O) groups is 1. The number of carbonyl (C=O) groups excluding carboxylic acids is 1. The zero-order valence-electron chi connectivity index (χ0n) is 9.90. The van der Waals surface area contributed by atoms with Crippen molar-refractivity contribution in [3.05, 3.63) is 39.4 Å². The molecule has 1 rings (SSSR count). The zero-order chi connectivity index (χ0) is 12.5. The van der Waals surface area contributed by atoms with Gasteiger partial charge in [0.05, 0.1) is 4.92 Å². The van der Waals surface area contributed by atoms with Crippen LogP contribution in [0.4, 0.5) is 5.69 Å². The molecule has 0 spiro atoms. The van der Waals surface area contributed by atoms with Gasteiger partial charge in [-0.25, -0.2) is 0 Å². The van der Waals surface area contributed by atoms with E-state index in [0.717, 1.165) is 0 Å². The van der Waals surface area contributed by atoms with Crippen LogP contribution in [0.15, 0.2) is 18.2 Å². The number of Topliss-reactive ketones (excluding diaryl/α,β-unsaturated/α-hetero) is 1. The van der Waals surface area contributed by atoms with Gasteiger partial charge in [-0.15, -0.1) is 0 Å². The van der Waals surface area contributed by atoms with Gasteiger partial charge in [0.25, 0.3) is 5.69 Å². The van der Waals surface area contributed by atoms with Crippen LogP contribution in [0, 0.1) is 22.5 Å². The minimum Gasteiger partial charge on any atom is -0.294 e. The van der Waals surface area contributed by atoms with Crippen LogP contribution in [0.5, 0.6) is 0 Å². The van der Waals surface area contributed by atoms with Gasteiger partial charge in [-0.3, -0.25) is 14.9 Å². The standard InChI is InChI=1S/C12H15NO3/c1-8-9(11(14)12(2,3)4)6-5-7-10(8)13(15)16/h5-7H,1-4H3. The highest BCUT2D eigenvalue weighted by Crippen LogP contribution is 2.27. The summed E-state index contributed by atoms with van der Waals surface area (Å²) in [5, 5.41) is 10.7. The molecule has 0 atom stereocenters. The number of hydrogen-bond acceptors (Lipinski definition) is 3. The van der Waals surface area contributed by atoms with E-state index in [-0.39, 0.29) is 11.5 Å². The number of rotatable bonds is 2. The van der Waals surface area contributed by atoms with E-state index in [1.165, 1.54) is 6.07 Å². The minimum atomic E-state index is -0.528. The van der Waals surface area contributed by atoms with E-state index < -0.39 is 10.3 Å². The molecule has 1 aromatic rings. The van der Waals surface area contributed by atoms with Gasteiger partial charge in [0, 0.05) is 22.6 Å². The van der Waals surface area contributed by atoms with E-state index in [1.54, 1.807) is 39.8 Å². The van der Waals surface area contributed by atoms with Gasteiger partial charge in [-0.2, -0.15) is 0 Å². The maximum absolute atomic E-state index is 12.0. The Morgan fingerprint density at radius 2 is 1.88 bits per heavy atom. The molecule has 0 fully saturated rings. The summed E-state index contributed by atoms with van der Waals surface area (Å²) in [6, 6.07) is 4.59. The molecule has 0 aromatic heterocycles. The number of hydrogen-bond donors (Lipinski definition) is 0. The Morgan fingerprint density at radius 3 is 2.31 bits per heavy atom. The van der Waals surface area contributed by atoms with Gasteiger partial charge in [0.1, 0.15) is 0 Å². The van der Waals surface area contributed by atoms with E-state index in [9.17, 15) is 14.9 Å². The smallest absolute Gasteiger partial charge is 0.273 e. The average molecular weight is 221 g/mol. The quantitative estimate of drug-likeness (QED) is 0.438. The van der Waals surface area contributed by atoms with Crippen LogP contribution in [0.25, 0.3) is 0 Å². The minimum absolute atomic E-state index is 0.00454. The first kappa shape index (κ1) is 12.4. The SMILES string of the molecule is Cc1c(C(=O)C(C)(C)C)cccc1[N+](=O)[O-]. The molecular formula is C12H15NO3. The van der Waals surface area contributed by atoms with E-state index in [1.807, 2.05) is 0 Å². The lowest BCUT2D eigenvalue weighted by Crippen LogP contribution is -2.21. The second-order valence-corrected chi connectivity index (χ2v) is 4.79. The number of nitro benzene ring substituents is 1. The largest absolute Gasteiger partial charge is 0.294 e. The molecule has 4 heteroatoms. The molecule has 0 N–H and O–H groups in total. The second-order valence-electron chi connectivity index (χ2n) is 4.79. The molecule has 0 saturated heterocycles. The zero-order valence-corrected chi connectivity index (χ0v) is 9.90. The molecule has 0 heterocycles. The first-order valence-corrected chi connectivity index (χ1v) is 5.04. The topological polar surface area (TPSA) is 60.2 Å². The molecule has 0 bridgehead atoms. The fraction of sp³-hybridized carbons (Fsp3) is 0.417. The van der Waals surface area contributed by atoms with Crippen LogP contribution in [0.1, 0.15) is 36.7 Å². The molecule has 4 nitrogen and oxygen atoms in total. The number of ketones is 1. The summed E-state index contributed by atoms with van der Waals surface area (Å²) in [7, 11) is 0. The molecule has 0 unspecified atom stereocenters. The first-order chi connectivity index (χ1) is 7.25. The summed E-state index contributed by atoms with van der Waals surface area (Å²) in [5.41, 5.74) is 0.337. The highest BCUT2D eigenvalue weighted by molar-refractivity contribution is 6.01. The number of benzene rings is 1. The van der Waals surface area contributed by atoms with Gasteiger partial charge in [-0.1, -0.05) is 32.9 Å². The average Bonchev–Trinajstić information content (AvgIpc) is 2.15. The number of nitro groups is 1. The van der Waals surface area contributed by atoms with Crippen molar-refractivity contribution in [2.45, 2.75) is 27.7 Å². The van der Waals surface area contributed by atoms with E-state index in [2.05, 4.69) is 0 Å². The van der Waals surface area contributed by atoms with Crippen molar-refractivity contribution in [2.75, 3.05) is 0 Å². The van der Waals surface area contributed by atoms with Crippen LogP contribution >= 0.6 is 0 Å². The Morgan fingerprint density at radius 1 is 1.31 bits per heavy atom. The third-order valence-electron chi connectivity index (χ3n) is 2.43. The van der Waals surface area contributed by atoms with Gasteiger partial charge in [0.15, 0.2) is 5.78 Å². The van der Waals surface area contributed by atoms with Gasteiger partial charge in [-0.05, 0) is 6.92 Å². The molecule has 0 radical (unpaired) electrons. The lowest BCUT2D eigenvalue weighted by atomic mass is 9.84. The summed E-state index contributed by atoms with van der Waals surface area (Å²) >= 11 is 0. The van der Waals surface area contributed by atoms with Crippen LogP contribution in [0.2, 0.25) is 0 Å². The predicted octanol–water partition coefficient (Wildman–Crippen LogP) is 3.13. The fourth-order valence-electron chi connectivity index (χ4n) is 1.47. The van der Waals surface area contributed by atoms with Crippen molar-refractivity contribution < 1.29 is 9.72 Å². The molecule has 0 aliphatic rings. The third kappa shape index (κ3) is 2.27. The Labute approximate surface area is 94.4 Å². The Hall–Kier alpha value is -1.71. The fourth-order valence-corrected chi connectivity index (χ4v) is 1.47. The second kappa shape index (κ2) is 4.04. The lowest BCUT2D eigenvalue weighted by Gasteiger charge is -2.17. The highest BCUT2D eigenvalue weighted by Gasteiger charge is 2.26. The van der Waals surface area contributed by atoms with E-state index >= 15 is 0 Å². The van der Waals surface area contributed by atoms with Gasteiger partial charge in [0.2, 0.25) is 0 Å². The molecule has 0 amide bonds. The van der Waals surface area contributed by atoms with Crippen molar-refractivity contribution in [3.63, 3.8) is 0 Å². The van der Waals surface area contributed by atoms with E-state index in [0.29, 0.717) is 11.1 Å². The van der Waals surface area contributed by atoms with Crippen LogP contribution < -0.4 is 0 Å². The molecule has 1 aromatic carbocycles. The molecule has 16 heavy (non-hydrogen) atoms. The van der Waals surface area contributed by atoms with Crippen molar-refractivity contribution in [1.29, 1.82) is 0 Å². The maximum atomic E-state index is 12.0. The first-order valence-electron chi connectivity index (χ1n) is 5.04. The Kier molecular flexibility index (Phi) is 3.12. The van der Waals surface area contributed by atoms with Crippen molar-refractivity contribution in [2.24, 2.45) is 5.41 Å². The van der Waals surface area contributed by atoms with Gasteiger partial charge >= 0.3 is 0 Å². The van der Waals surface area contributed by atoms with Crippen molar-refractivity contribution in [3.8, 4) is 0 Å². The van der Waals surface area contributed by atoms with Crippen LogP contribution in [-0.4, -0.2) is 10.7 Å². The lowest BCUT2D eigenvalue weighted by molar-refractivity contribution is -0.385. The Balaban J connectivity index is 3.32. The molecule has 0 saturated carbocycles. The molecule has 86 valence electrons. The molecule has 0 aliphatic carbocycles. The summed E-state index contributed by atoms with van der Waals surface area (Å²) in [5.74, 6) is -0.0753. The monoisotopic (exact) mass is 221 g/mol. The van der Waals surface area contributed by atoms with E-state index in [4.69, 9.17) is 0 Å². The normalized spacial score (nSPS) is 11.2. The molecule has 0 aliphatic heterocycles. The predicted molar refractivity (Wildman–Crippen MR) is 61.6 cm³/mol. The molecular weight excluding hydrogens is 206 g/mol. The summed E-state index contributed by atoms with van der Waals surface area (Å²) < 4.78 is 0. The summed E-state index contributed by atoms with van der Waals surface area (Å²) in [6.45, 7) is 7.01. The van der Waals surface area contributed by atoms with Crippen molar-refractivity contribution in [1.82, 2.24) is 0 Å². The third-order valence-corrected chi connectivity index (χ3v) is 2.43.